The molecular formula is C12H22O6S. The molecule has 1 atom stereocenters. The predicted octanol–water partition coefficient (Wildman–Crippen LogP) is 1.25. The Kier molecular flexibility index (Phi) is 7.04. The van der Waals surface area contributed by atoms with Crippen molar-refractivity contribution in [1.82, 2.24) is 0 Å². The van der Waals surface area contributed by atoms with Crippen molar-refractivity contribution < 1.29 is 27.9 Å². The summed E-state index contributed by atoms with van der Waals surface area (Å²) >= 11 is 0. The number of hydrogen-bond donors (Lipinski definition) is 1. The minimum absolute atomic E-state index is 0.00279. The maximum absolute atomic E-state index is 11.8. The van der Waals surface area contributed by atoms with Crippen LogP contribution in [0.15, 0.2) is 0 Å². The van der Waals surface area contributed by atoms with Gasteiger partial charge in [0.15, 0.2) is 5.41 Å². The molecule has 0 aliphatic heterocycles. The third-order valence-electron chi connectivity index (χ3n) is 3.03. The molecule has 0 aliphatic rings. The van der Waals surface area contributed by atoms with Crippen molar-refractivity contribution in [3.63, 3.8) is 0 Å². The van der Waals surface area contributed by atoms with Crippen LogP contribution in [0.1, 0.15) is 40.0 Å². The lowest BCUT2D eigenvalue weighted by atomic mass is 9.82. The monoisotopic (exact) mass is 294 g/mol. The Labute approximate surface area is 114 Å². The third-order valence-corrected chi connectivity index (χ3v) is 4.89. The van der Waals surface area contributed by atoms with Gasteiger partial charge in [0.1, 0.15) is 9.84 Å². The lowest BCUT2D eigenvalue weighted by Crippen LogP contribution is -2.42. The summed E-state index contributed by atoms with van der Waals surface area (Å²) in [6.07, 6.45) is 0.219. The Morgan fingerprint density at radius 1 is 1.16 bits per heavy atom. The van der Waals surface area contributed by atoms with Gasteiger partial charge in [-0.05, 0) is 26.2 Å². The molecule has 0 amide bonds. The summed E-state index contributed by atoms with van der Waals surface area (Å²) in [7, 11) is -3.33. The summed E-state index contributed by atoms with van der Waals surface area (Å²) in [5, 5.41) is 9.25. The molecule has 0 saturated heterocycles. The predicted molar refractivity (Wildman–Crippen MR) is 70.6 cm³/mol. The Morgan fingerprint density at radius 2 is 1.74 bits per heavy atom. The second-order valence-electron chi connectivity index (χ2n) is 4.36. The van der Waals surface area contributed by atoms with Crippen LogP contribution in [-0.4, -0.2) is 43.6 Å². The Hall–Kier alpha value is -1.11. The highest BCUT2D eigenvalue weighted by Gasteiger charge is 2.46. The maximum Gasteiger partial charge on any atom is 0.323 e. The fourth-order valence-electron chi connectivity index (χ4n) is 1.78. The normalized spacial score (nSPS) is 14.7. The van der Waals surface area contributed by atoms with Crippen molar-refractivity contribution in [2.75, 3.05) is 18.1 Å². The van der Waals surface area contributed by atoms with E-state index in [4.69, 9.17) is 4.74 Å². The smallest absolute Gasteiger partial charge is 0.323 e. The number of rotatable bonds is 9. The van der Waals surface area contributed by atoms with E-state index < -0.39 is 27.2 Å². The fourth-order valence-corrected chi connectivity index (χ4v) is 3.27. The SMILES string of the molecule is CCCS(=O)(=O)CCC(CC)(C(=O)O)C(=O)OCC. The van der Waals surface area contributed by atoms with E-state index in [0.717, 1.165) is 0 Å². The van der Waals surface area contributed by atoms with Gasteiger partial charge in [0.2, 0.25) is 0 Å². The molecule has 0 saturated carbocycles. The molecule has 0 aromatic rings. The van der Waals surface area contributed by atoms with E-state index in [2.05, 4.69) is 0 Å². The highest BCUT2D eigenvalue weighted by molar-refractivity contribution is 7.91. The van der Waals surface area contributed by atoms with Crippen LogP contribution < -0.4 is 0 Å². The first-order valence-corrected chi connectivity index (χ1v) is 8.19. The van der Waals surface area contributed by atoms with Gasteiger partial charge < -0.3 is 9.84 Å². The summed E-state index contributed by atoms with van der Waals surface area (Å²) in [6, 6.07) is 0. The molecule has 1 unspecified atom stereocenters. The molecule has 0 heterocycles. The second-order valence-corrected chi connectivity index (χ2v) is 6.67. The molecule has 6 nitrogen and oxygen atoms in total. The van der Waals surface area contributed by atoms with Crippen LogP contribution in [0.3, 0.4) is 0 Å². The minimum Gasteiger partial charge on any atom is -0.480 e. The number of ether oxygens (including phenoxy) is 1. The van der Waals surface area contributed by atoms with E-state index in [9.17, 15) is 23.1 Å². The zero-order valence-electron chi connectivity index (χ0n) is 11.6. The number of esters is 1. The molecule has 0 bridgehead atoms. The van der Waals surface area contributed by atoms with Crippen LogP contribution in [0.2, 0.25) is 0 Å². The van der Waals surface area contributed by atoms with E-state index in [1.165, 1.54) is 6.92 Å². The fraction of sp³-hybridized carbons (Fsp3) is 0.833. The van der Waals surface area contributed by atoms with Crippen LogP contribution >= 0.6 is 0 Å². The molecule has 112 valence electrons. The Bertz CT molecular complexity index is 414. The van der Waals surface area contributed by atoms with Crippen molar-refractivity contribution in [3.05, 3.63) is 0 Å². The minimum atomic E-state index is -3.33. The van der Waals surface area contributed by atoms with Gasteiger partial charge in [0, 0.05) is 5.75 Å². The number of carbonyl (C=O) groups excluding carboxylic acids is 1. The largest absolute Gasteiger partial charge is 0.480 e. The number of carbonyl (C=O) groups is 2. The molecule has 0 radical (unpaired) electrons. The highest BCUT2D eigenvalue weighted by Crippen LogP contribution is 2.29. The maximum atomic E-state index is 11.8. The van der Waals surface area contributed by atoms with Crippen molar-refractivity contribution >= 4 is 21.8 Å². The van der Waals surface area contributed by atoms with Crippen molar-refractivity contribution in [2.24, 2.45) is 5.41 Å². The van der Waals surface area contributed by atoms with Crippen LogP contribution in [0.5, 0.6) is 0 Å². The lowest BCUT2D eigenvalue weighted by Gasteiger charge is -2.25. The third kappa shape index (κ3) is 4.81. The van der Waals surface area contributed by atoms with Crippen molar-refractivity contribution in [3.8, 4) is 0 Å². The van der Waals surface area contributed by atoms with Gasteiger partial charge in [-0.1, -0.05) is 13.8 Å². The first-order valence-electron chi connectivity index (χ1n) is 6.36. The topological polar surface area (TPSA) is 97.7 Å². The Morgan fingerprint density at radius 3 is 2.11 bits per heavy atom. The van der Waals surface area contributed by atoms with Crippen LogP contribution in [0, 0.1) is 5.41 Å². The van der Waals surface area contributed by atoms with Crippen LogP contribution in [0.4, 0.5) is 0 Å². The molecule has 7 heteroatoms. The van der Waals surface area contributed by atoms with Gasteiger partial charge in [-0.15, -0.1) is 0 Å². The molecule has 0 aliphatic carbocycles. The molecule has 1 N–H and O–H groups in total. The van der Waals surface area contributed by atoms with Crippen molar-refractivity contribution in [2.45, 2.75) is 40.0 Å². The molecular weight excluding hydrogens is 272 g/mol. The molecule has 0 rings (SSSR count). The van der Waals surface area contributed by atoms with E-state index in [0.29, 0.717) is 6.42 Å². The van der Waals surface area contributed by atoms with Gasteiger partial charge in [-0.2, -0.15) is 0 Å². The van der Waals surface area contributed by atoms with Gasteiger partial charge in [-0.25, -0.2) is 8.42 Å². The average molecular weight is 294 g/mol. The van der Waals surface area contributed by atoms with E-state index >= 15 is 0 Å². The number of sulfone groups is 1. The number of hydrogen-bond acceptors (Lipinski definition) is 5. The summed E-state index contributed by atoms with van der Waals surface area (Å²) in [5.74, 6) is -2.52. The number of aliphatic carboxylic acids is 1. The first-order chi connectivity index (χ1) is 8.75. The van der Waals surface area contributed by atoms with Gasteiger partial charge in [-0.3, -0.25) is 9.59 Å². The second kappa shape index (κ2) is 7.47. The van der Waals surface area contributed by atoms with Crippen molar-refractivity contribution in [1.29, 1.82) is 0 Å². The Balaban J connectivity index is 5.08. The highest BCUT2D eigenvalue weighted by atomic mass is 32.2. The molecule has 0 aromatic heterocycles. The summed E-state index contributed by atoms with van der Waals surface area (Å²) in [4.78, 5) is 23.2. The number of carboxylic acid groups (broad SMARTS) is 1. The standard InChI is InChI=1S/C12H22O6S/c1-4-8-19(16,17)9-7-12(5-2,10(13)14)11(15)18-6-3/h4-9H2,1-3H3,(H,13,14). The summed E-state index contributed by atoms with van der Waals surface area (Å²) in [6.45, 7) is 4.91. The van der Waals surface area contributed by atoms with E-state index in [1.54, 1.807) is 13.8 Å². The average Bonchev–Trinajstić information content (AvgIpc) is 2.30. The van der Waals surface area contributed by atoms with Crippen LogP contribution in [0.25, 0.3) is 0 Å². The number of carboxylic acids is 1. The summed E-state index contributed by atoms with van der Waals surface area (Å²) < 4.78 is 28.1. The molecule has 0 spiro atoms. The quantitative estimate of drug-likeness (QED) is 0.507. The lowest BCUT2D eigenvalue weighted by molar-refractivity contribution is -0.169. The summed E-state index contributed by atoms with van der Waals surface area (Å²) in [5.41, 5.74) is -1.77. The zero-order valence-corrected chi connectivity index (χ0v) is 12.5. The van der Waals surface area contributed by atoms with Gasteiger partial charge in [0.05, 0.1) is 12.4 Å². The molecule has 19 heavy (non-hydrogen) atoms. The first kappa shape index (κ1) is 17.9. The molecule has 0 fully saturated rings. The zero-order chi connectivity index (χ0) is 15.1. The van der Waals surface area contributed by atoms with Crippen LogP contribution in [-0.2, 0) is 24.2 Å². The molecule has 0 aromatic carbocycles. The van der Waals surface area contributed by atoms with E-state index in [1.807, 2.05) is 0 Å². The van der Waals surface area contributed by atoms with Gasteiger partial charge >= 0.3 is 11.9 Å². The van der Waals surface area contributed by atoms with E-state index in [-0.39, 0.29) is 31.0 Å². The van der Waals surface area contributed by atoms with Gasteiger partial charge in [0.25, 0.3) is 0 Å².